The zero-order valence-corrected chi connectivity index (χ0v) is 9.62. The minimum Gasteiger partial charge on any atom is -0.462 e. The van der Waals surface area contributed by atoms with Crippen LogP contribution >= 0.6 is 0 Å². The number of carbonyl (C=O) groups excluding carboxylic acids is 2. The fraction of sp³-hybridized carbons (Fsp3) is 0.833. The average Bonchev–Trinajstić information content (AvgIpc) is 2.52. The third-order valence-corrected chi connectivity index (χ3v) is 2.83. The number of unbranched alkanes of at least 4 members (excludes halogenated alkanes) is 3. The second-order valence-corrected chi connectivity index (χ2v) is 4.31. The molecule has 0 saturated carbocycles. The summed E-state index contributed by atoms with van der Waals surface area (Å²) in [5.41, 5.74) is 0. The Morgan fingerprint density at radius 2 is 2.13 bits per heavy atom. The van der Waals surface area contributed by atoms with Crippen molar-refractivity contribution in [3.63, 3.8) is 0 Å². The van der Waals surface area contributed by atoms with Gasteiger partial charge >= 0.3 is 5.97 Å². The molecule has 0 aromatic rings. The summed E-state index contributed by atoms with van der Waals surface area (Å²) in [6.07, 6.45) is 5.35. The first-order valence-electron chi connectivity index (χ1n) is 5.88. The molecule has 1 aliphatic heterocycles. The van der Waals surface area contributed by atoms with Crippen LogP contribution in [0, 0.1) is 5.92 Å². The summed E-state index contributed by atoms with van der Waals surface area (Å²) in [6, 6.07) is 0. The molecule has 3 heteroatoms. The van der Waals surface area contributed by atoms with E-state index in [0.29, 0.717) is 12.8 Å². The lowest BCUT2D eigenvalue weighted by Gasteiger charge is -2.03. The zero-order valence-electron chi connectivity index (χ0n) is 9.62. The number of ketones is 1. The zero-order chi connectivity index (χ0) is 11.3. The Morgan fingerprint density at radius 1 is 1.40 bits per heavy atom. The number of rotatable bonds is 6. The Labute approximate surface area is 91.2 Å². The Kier molecular flexibility index (Phi) is 4.79. The molecule has 86 valence electrons. The fourth-order valence-electron chi connectivity index (χ4n) is 1.92. The summed E-state index contributed by atoms with van der Waals surface area (Å²) in [7, 11) is 0. The van der Waals surface area contributed by atoms with Gasteiger partial charge in [-0.1, -0.05) is 26.2 Å². The van der Waals surface area contributed by atoms with E-state index in [1.54, 1.807) is 0 Å². The van der Waals surface area contributed by atoms with E-state index in [9.17, 15) is 9.59 Å². The number of carbonyl (C=O) groups is 2. The van der Waals surface area contributed by atoms with Crippen LogP contribution in [0.5, 0.6) is 0 Å². The molecule has 0 N–H and O–H groups in total. The maximum absolute atomic E-state index is 11.7. The van der Waals surface area contributed by atoms with Crippen molar-refractivity contribution in [2.45, 2.75) is 58.5 Å². The van der Waals surface area contributed by atoms with Crippen molar-refractivity contribution < 1.29 is 14.3 Å². The summed E-state index contributed by atoms with van der Waals surface area (Å²) in [5, 5.41) is 0. The summed E-state index contributed by atoms with van der Waals surface area (Å²) in [6.45, 7) is 3.97. The molecule has 2 atom stereocenters. The van der Waals surface area contributed by atoms with Crippen molar-refractivity contribution in [2.75, 3.05) is 0 Å². The van der Waals surface area contributed by atoms with E-state index in [0.717, 1.165) is 19.3 Å². The van der Waals surface area contributed by atoms with Crippen molar-refractivity contribution in [3.05, 3.63) is 0 Å². The molecule has 0 bridgehead atoms. The van der Waals surface area contributed by atoms with Crippen molar-refractivity contribution in [1.82, 2.24) is 0 Å². The van der Waals surface area contributed by atoms with Gasteiger partial charge in [0.15, 0.2) is 0 Å². The second kappa shape index (κ2) is 5.89. The lowest BCUT2D eigenvalue weighted by Crippen LogP contribution is -2.18. The predicted molar refractivity (Wildman–Crippen MR) is 57.4 cm³/mol. The van der Waals surface area contributed by atoms with Gasteiger partial charge in [0.2, 0.25) is 0 Å². The Bertz CT molecular complexity index is 235. The molecule has 0 aromatic carbocycles. The number of cyclic esters (lactones) is 1. The molecule has 1 fully saturated rings. The molecular formula is C12H20O3. The highest BCUT2D eigenvalue weighted by Gasteiger charge is 2.36. The maximum Gasteiger partial charge on any atom is 0.316 e. The monoisotopic (exact) mass is 212 g/mol. The second-order valence-electron chi connectivity index (χ2n) is 4.31. The highest BCUT2D eigenvalue weighted by atomic mass is 16.5. The Morgan fingerprint density at radius 3 is 2.67 bits per heavy atom. The van der Waals surface area contributed by atoms with E-state index in [4.69, 9.17) is 4.74 Å². The Balaban J connectivity index is 2.25. The van der Waals surface area contributed by atoms with Crippen LogP contribution in [0.1, 0.15) is 52.4 Å². The molecule has 1 heterocycles. The molecule has 15 heavy (non-hydrogen) atoms. The van der Waals surface area contributed by atoms with E-state index in [1.807, 2.05) is 6.92 Å². The van der Waals surface area contributed by atoms with Crippen LogP contribution < -0.4 is 0 Å². The molecule has 0 radical (unpaired) electrons. The van der Waals surface area contributed by atoms with Gasteiger partial charge in [0.1, 0.15) is 17.8 Å². The van der Waals surface area contributed by atoms with E-state index >= 15 is 0 Å². The average molecular weight is 212 g/mol. The van der Waals surface area contributed by atoms with Gasteiger partial charge in [-0.3, -0.25) is 9.59 Å². The van der Waals surface area contributed by atoms with Crippen molar-refractivity contribution in [2.24, 2.45) is 5.92 Å². The molecule has 0 aliphatic carbocycles. The van der Waals surface area contributed by atoms with E-state index in [2.05, 4.69) is 6.92 Å². The summed E-state index contributed by atoms with van der Waals surface area (Å²) in [4.78, 5) is 22.9. The van der Waals surface area contributed by atoms with Gasteiger partial charge < -0.3 is 4.74 Å². The van der Waals surface area contributed by atoms with Crippen LogP contribution in [0.4, 0.5) is 0 Å². The Hall–Kier alpha value is -0.860. The standard InChI is InChI=1S/C12H20O3/c1-3-4-5-6-7-11(13)10-8-9(2)15-12(10)14/h9-10H,3-8H2,1-2H3. The summed E-state index contributed by atoms with van der Waals surface area (Å²) < 4.78 is 4.96. The van der Waals surface area contributed by atoms with Gasteiger partial charge in [0, 0.05) is 12.8 Å². The molecule has 2 unspecified atom stereocenters. The maximum atomic E-state index is 11.7. The van der Waals surface area contributed by atoms with Gasteiger partial charge in [0.25, 0.3) is 0 Å². The molecular weight excluding hydrogens is 192 g/mol. The molecule has 0 aromatic heterocycles. The summed E-state index contributed by atoms with van der Waals surface area (Å²) >= 11 is 0. The van der Waals surface area contributed by atoms with Gasteiger partial charge in [-0.05, 0) is 13.3 Å². The first-order chi connectivity index (χ1) is 7.15. The highest BCUT2D eigenvalue weighted by molar-refractivity contribution is 6.00. The van der Waals surface area contributed by atoms with Crippen molar-refractivity contribution in [3.8, 4) is 0 Å². The van der Waals surface area contributed by atoms with Crippen LogP contribution in [-0.2, 0) is 14.3 Å². The quantitative estimate of drug-likeness (QED) is 0.386. The topological polar surface area (TPSA) is 43.4 Å². The van der Waals surface area contributed by atoms with Gasteiger partial charge in [-0.2, -0.15) is 0 Å². The van der Waals surface area contributed by atoms with Gasteiger partial charge in [-0.15, -0.1) is 0 Å². The molecule has 1 saturated heterocycles. The van der Waals surface area contributed by atoms with E-state index in [-0.39, 0.29) is 17.9 Å². The smallest absolute Gasteiger partial charge is 0.316 e. The minimum atomic E-state index is -0.471. The number of hydrogen-bond donors (Lipinski definition) is 0. The SMILES string of the molecule is CCCCCCC(=O)C1CC(C)OC1=O. The third kappa shape index (κ3) is 3.65. The predicted octanol–water partition coefficient (Wildman–Crippen LogP) is 2.48. The van der Waals surface area contributed by atoms with Crippen LogP contribution in [0.25, 0.3) is 0 Å². The first kappa shape index (κ1) is 12.2. The van der Waals surface area contributed by atoms with Gasteiger partial charge in [0.05, 0.1) is 0 Å². The largest absolute Gasteiger partial charge is 0.462 e. The molecule has 0 amide bonds. The lowest BCUT2D eigenvalue weighted by atomic mass is 9.96. The molecule has 0 spiro atoms. The number of ether oxygens (including phenoxy) is 1. The van der Waals surface area contributed by atoms with Crippen LogP contribution in [0.15, 0.2) is 0 Å². The molecule has 1 rings (SSSR count). The van der Waals surface area contributed by atoms with E-state index < -0.39 is 5.92 Å². The lowest BCUT2D eigenvalue weighted by molar-refractivity contribution is -0.146. The van der Waals surface area contributed by atoms with E-state index in [1.165, 1.54) is 6.42 Å². The van der Waals surface area contributed by atoms with Crippen LogP contribution in [0.3, 0.4) is 0 Å². The van der Waals surface area contributed by atoms with Crippen molar-refractivity contribution in [1.29, 1.82) is 0 Å². The minimum absolute atomic E-state index is 0.0699. The van der Waals surface area contributed by atoms with Gasteiger partial charge in [-0.25, -0.2) is 0 Å². The normalized spacial score (nSPS) is 25.3. The van der Waals surface area contributed by atoms with Crippen LogP contribution in [0.2, 0.25) is 0 Å². The fourth-order valence-corrected chi connectivity index (χ4v) is 1.92. The van der Waals surface area contributed by atoms with Crippen molar-refractivity contribution >= 4 is 11.8 Å². The summed E-state index contributed by atoms with van der Waals surface area (Å²) in [5.74, 6) is -0.718. The number of hydrogen-bond acceptors (Lipinski definition) is 3. The van der Waals surface area contributed by atoms with Crippen LogP contribution in [-0.4, -0.2) is 17.9 Å². The number of Topliss-reactive ketones (excluding diaryl/α,β-unsaturated/α-hetero) is 1. The molecule has 3 nitrogen and oxygen atoms in total. The first-order valence-corrected chi connectivity index (χ1v) is 5.88. The molecule has 1 aliphatic rings. The highest BCUT2D eigenvalue weighted by Crippen LogP contribution is 2.23. The third-order valence-electron chi connectivity index (χ3n) is 2.83. The number of esters is 1.